The van der Waals surface area contributed by atoms with Gasteiger partial charge in [-0.05, 0) is 6.42 Å². The zero-order valence-electron chi connectivity index (χ0n) is 11.6. The smallest absolute Gasteiger partial charge is 0.434 e. The quantitative estimate of drug-likeness (QED) is 0.766. The second-order valence-corrected chi connectivity index (χ2v) is 6.31. The topological polar surface area (TPSA) is 71.8 Å². The first-order chi connectivity index (χ1) is 10.9. The van der Waals surface area contributed by atoms with E-state index in [0.29, 0.717) is 6.42 Å². The zero-order valence-corrected chi connectivity index (χ0v) is 13.3. The number of thiazole rings is 2. The molecule has 0 radical (unpaired) electrons. The van der Waals surface area contributed by atoms with Crippen molar-refractivity contribution in [2.24, 2.45) is 0 Å². The average Bonchev–Trinajstić information content (AvgIpc) is 3.13. The van der Waals surface area contributed by atoms with Gasteiger partial charge in [-0.2, -0.15) is 13.2 Å². The number of hydrogen-bond acceptors (Lipinski definition) is 7. The number of hydrogen-bond donors (Lipinski definition) is 1. The van der Waals surface area contributed by atoms with E-state index in [9.17, 15) is 18.3 Å². The van der Waals surface area contributed by atoms with Crippen molar-refractivity contribution < 1.29 is 18.3 Å². The van der Waals surface area contributed by atoms with Crippen LogP contribution in [0.15, 0.2) is 17.8 Å². The first kappa shape index (κ1) is 15.8. The molecule has 0 saturated carbocycles. The van der Waals surface area contributed by atoms with E-state index in [4.69, 9.17) is 0 Å². The third kappa shape index (κ3) is 3.17. The number of aromatic hydroxyl groups is 1. The van der Waals surface area contributed by atoms with Crippen LogP contribution in [-0.2, 0) is 12.6 Å². The van der Waals surface area contributed by atoms with E-state index in [1.54, 1.807) is 5.38 Å². The fourth-order valence-electron chi connectivity index (χ4n) is 1.80. The largest absolute Gasteiger partial charge is 0.493 e. The van der Waals surface area contributed by atoms with Crippen molar-refractivity contribution in [3.05, 3.63) is 29.2 Å². The van der Waals surface area contributed by atoms with Gasteiger partial charge in [-0.25, -0.2) is 19.9 Å². The average molecular weight is 358 g/mol. The Bertz CT molecular complexity index is 844. The fraction of sp³-hybridized carbons (Fsp3) is 0.231. The van der Waals surface area contributed by atoms with Gasteiger partial charge in [0, 0.05) is 11.4 Å². The number of halogens is 3. The molecule has 0 atom stereocenters. The molecule has 3 aromatic heterocycles. The van der Waals surface area contributed by atoms with Crippen molar-refractivity contribution in [3.8, 4) is 26.5 Å². The molecule has 3 heterocycles. The Morgan fingerprint density at radius 1 is 1.17 bits per heavy atom. The molecule has 3 rings (SSSR count). The van der Waals surface area contributed by atoms with Gasteiger partial charge < -0.3 is 5.11 Å². The van der Waals surface area contributed by atoms with Crippen LogP contribution in [0.2, 0.25) is 0 Å². The monoisotopic (exact) mass is 358 g/mol. The predicted molar refractivity (Wildman–Crippen MR) is 80.3 cm³/mol. The van der Waals surface area contributed by atoms with E-state index in [2.05, 4.69) is 19.9 Å². The third-order valence-corrected chi connectivity index (χ3v) is 5.00. The highest BCUT2D eigenvalue weighted by atomic mass is 32.1. The lowest BCUT2D eigenvalue weighted by molar-refractivity contribution is -0.140. The summed E-state index contributed by atoms with van der Waals surface area (Å²) in [6.45, 7) is 1.88. The molecule has 23 heavy (non-hydrogen) atoms. The minimum absolute atomic E-state index is 0.0460. The normalized spacial score (nSPS) is 11.8. The van der Waals surface area contributed by atoms with E-state index in [1.807, 2.05) is 6.92 Å². The van der Waals surface area contributed by atoms with Crippen molar-refractivity contribution in [1.82, 2.24) is 19.9 Å². The molecule has 5 nitrogen and oxygen atoms in total. The minimum atomic E-state index is -4.60. The van der Waals surface area contributed by atoms with E-state index < -0.39 is 11.9 Å². The molecule has 0 unspecified atom stereocenters. The molecular formula is C13H9F3N4OS2. The molecular weight excluding hydrogens is 349 g/mol. The van der Waals surface area contributed by atoms with Crippen LogP contribution in [0.3, 0.4) is 0 Å². The lowest BCUT2D eigenvalue weighted by Gasteiger charge is -2.03. The molecule has 0 saturated heterocycles. The number of alkyl halides is 3. The summed E-state index contributed by atoms with van der Waals surface area (Å²) < 4.78 is 39.8. The minimum Gasteiger partial charge on any atom is -0.493 e. The molecule has 0 fully saturated rings. The van der Waals surface area contributed by atoms with Crippen LogP contribution in [0.5, 0.6) is 5.88 Å². The fourth-order valence-corrected chi connectivity index (χ4v) is 3.85. The van der Waals surface area contributed by atoms with Gasteiger partial charge in [-0.1, -0.05) is 6.92 Å². The Hall–Kier alpha value is -2.07. The van der Waals surface area contributed by atoms with Gasteiger partial charge in [0.15, 0.2) is 5.69 Å². The number of nitrogens with zero attached hydrogens (tertiary/aromatic N) is 4. The first-order valence-corrected chi connectivity index (χ1v) is 8.12. The van der Waals surface area contributed by atoms with Gasteiger partial charge in [0.05, 0.1) is 10.6 Å². The highest BCUT2D eigenvalue weighted by Gasteiger charge is 2.39. The lowest BCUT2D eigenvalue weighted by atomic mass is 10.3. The summed E-state index contributed by atoms with van der Waals surface area (Å²) in [7, 11) is 0. The maximum atomic E-state index is 13.3. The molecule has 0 amide bonds. The van der Waals surface area contributed by atoms with Crippen LogP contribution in [-0.4, -0.2) is 25.0 Å². The van der Waals surface area contributed by atoms with Crippen LogP contribution in [0.1, 0.15) is 18.3 Å². The second kappa shape index (κ2) is 5.85. The van der Waals surface area contributed by atoms with Crippen LogP contribution in [0, 0.1) is 0 Å². The van der Waals surface area contributed by atoms with Crippen molar-refractivity contribution in [2.75, 3.05) is 0 Å². The van der Waals surface area contributed by atoms with Crippen molar-refractivity contribution in [1.29, 1.82) is 0 Å². The van der Waals surface area contributed by atoms with E-state index in [1.165, 1.54) is 6.07 Å². The predicted octanol–water partition coefficient (Wildman–Crippen LogP) is 4.01. The van der Waals surface area contributed by atoms with Gasteiger partial charge in [-0.3, -0.25) is 0 Å². The van der Waals surface area contributed by atoms with Gasteiger partial charge in [0.1, 0.15) is 22.0 Å². The Morgan fingerprint density at radius 3 is 2.57 bits per heavy atom. The molecule has 0 bridgehead atoms. The molecule has 0 aromatic carbocycles. The van der Waals surface area contributed by atoms with Crippen molar-refractivity contribution >= 4 is 22.7 Å². The van der Waals surface area contributed by atoms with Gasteiger partial charge in [0.2, 0.25) is 5.88 Å². The Kier molecular flexibility index (Phi) is 4.02. The Labute approximate surface area is 136 Å². The summed E-state index contributed by atoms with van der Waals surface area (Å²) in [5, 5.41) is 11.4. The maximum absolute atomic E-state index is 13.3. The number of aryl methyl sites for hydroxylation is 1. The highest BCUT2D eigenvalue weighted by molar-refractivity contribution is 7.22. The molecule has 0 aliphatic carbocycles. The second-order valence-electron chi connectivity index (χ2n) is 4.45. The van der Waals surface area contributed by atoms with E-state index in [0.717, 1.165) is 34.7 Å². The molecule has 120 valence electrons. The Balaban J connectivity index is 2.14. The third-order valence-electron chi connectivity index (χ3n) is 2.88. The van der Waals surface area contributed by atoms with Gasteiger partial charge >= 0.3 is 6.18 Å². The van der Waals surface area contributed by atoms with Crippen molar-refractivity contribution in [2.45, 2.75) is 19.5 Å². The molecule has 10 heteroatoms. The van der Waals surface area contributed by atoms with E-state index in [-0.39, 0.29) is 26.5 Å². The van der Waals surface area contributed by atoms with Gasteiger partial charge in [0.25, 0.3) is 0 Å². The molecule has 0 spiro atoms. The van der Waals surface area contributed by atoms with Gasteiger partial charge in [-0.15, -0.1) is 22.7 Å². The van der Waals surface area contributed by atoms with Crippen LogP contribution < -0.4 is 0 Å². The molecule has 1 N–H and O–H groups in total. The first-order valence-electron chi connectivity index (χ1n) is 6.42. The zero-order chi connectivity index (χ0) is 16.6. The van der Waals surface area contributed by atoms with Crippen LogP contribution in [0.4, 0.5) is 13.2 Å². The SMILES string of the molecule is CCc1csc(-c2sc(-c3cc(O)ncn3)nc2C(F)(F)F)n1. The summed E-state index contributed by atoms with van der Waals surface area (Å²) in [6, 6.07) is 1.17. The summed E-state index contributed by atoms with van der Waals surface area (Å²) in [4.78, 5) is 15.2. The van der Waals surface area contributed by atoms with Crippen LogP contribution >= 0.6 is 22.7 Å². The molecule has 0 aliphatic rings. The summed E-state index contributed by atoms with van der Waals surface area (Å²) in [6.07, 6.45) is -2.89. The molecule has 0 aliphatic heterocycles. The summed E-state index contributed by atoms with van der Waals surface area (Å²) >= 11 is 1.99. The summed E-state index contributed by atoms with van der Waals surface area (Å²) in [5.74, 6) is -0.331. The number of aromatic nitrogens is 4. The van der Waals surface area contributed by atoms with E-state index >= 15 is 0 Å². The highest BCUT2D eigenvalue weighted by Crippen LogP contribution is 2.43. The number of rotatable bonds is 3. The maximum Gasteiger partial charge on any atom is 0.434 e. The summed E-state index contributed by atoms with van der Waals surface area (Å²) in [5.41, 5.74) is -0.133. The lowest BCUT2D eigenvalue weighted by Crippen LogP contribution is -2.07. The van der Waals surface area contributed by atoms with Crippen molar-refractivity contribution in [3.63, 3.8) is 0 Å². The Morgan fingerprint density at radius 2 is 1.96 bits per heavy atom. The standard InChI is InChI=1S/C13H9F3N4OS2/c1-2-6-4-22-12(19-6)9-10(13(14,15)16)20-11(23-9)7-3-8(21)18-5-17-7/h3-5H,2H2,1H3,(H,17,18,21). The van der Waals surface area contributed by atoms with Crippen LogP contribution in [0.25, 0.3) is 20.6 Å². The molecule has 3 aromatic rings.